The van der Waals surface area contributed by atoms with Gasteiger partial charge >= 0.3 is 12.2 Å². The number of carbonyl (C=O) groups excluding carboxylic acids is 2. The van der Waals surface area contributed by atoms with E-state index in [-0.39, 0.29) is 12.5 Å². The van der Waals surface area contributed by atoms with Crippen LogP contribution in [0, 0.1) is 11.7 Å². The van der Waals surface area contributed by atoms with Crippen LogP contribution in [-0.2, 0) is 4.79 Å². The van der Waals surface area contributed by atoms with E-state index in [0.717, 1.165) is 17.7 Å². The summed E-state index contributed by atoms with van der Waals surface area (Å²) < 4.78 is 50.9. The number of benzene rings is 1. The molecule has 29 heavy (non-hydrogen) atoms. The predicted molar refractivity (Wildman–Crippen MR) is 98.8 cm³/mol. The van der Waals surface area contributed by atoms with E-state index in [1.54, 1.807) is 6.07 Å². The van der Waals surface area contributed by atoms with E-state index in [0.29, 0.717) is 31.7 Å². The first-order valence-electron chi connectivity index (χ1n) is 9.61. The number of piperidine rings is 1. The lowest BCUT2D eigenvalue weighted by Crippen LogP contribution is -2.49. The highest BCUT2D eigenvalue weighted by molar-refractivity contribution is 5.89. The Morgan fingerprint density at radius 3 is 2.72 bits per heavy atom. The molecule has 10 heteroatoms. The number of nitrogens with zero attached hydrogens (tertiary/aromatic N) is 2. The van der Waals surface area contributed by atoms with E-state index < -0.39 is 36.5 Å². The van der Waals surface area contributed by atoms with Crippen LogP contribution in [0.4, 0.5) is 28.0 Å². The molecule has 2 aliphatic heterocycles. The van der Waals surface area contributed by atoms with Crippen molar-refractivity contribution in [3.63, 3.8) is 0 Å². The average molecular weight is 416 g/mol. The third-order valence-corrected chi connectivity index (χ3v) is 5.26. The number of alkyl halides is 3. The Hall–Kier alpha value is -2.36. The van der Waals surface area contributed by atoms with Crippen molar-refractivity contribution < 1.29 is 27.2 Å². The van der Waals surface area contributed by atoms with Gasteiger partial charge in [0, 0.05) is 25.3 Å². The second-order valence-corrected chi connectivity index (χ2v) is 7.53. The second kappa shape index (κ2) is 8.98. The van der Waals surface area contributed by atoms with Gasteiger partial charge in [-0.3, -0.25) is 9.69 Å². The Kier molecular flexibility index (Phi) is 6.61. The quantitative estimate of drug-likeness (QED) is 0.726. The lowest BCUT2D eigenvalue weighted by atomic mass is 9.96. The van der Waals surface area contributed by atoms with E-state index >= 15 is 0 Å². The first-order valence-corrected chi connectivity index (χ1v) is 9.61. The normalized spacial score (nSPS) is 23.3. The Balaban J connectivity index is 1.47. The lowest BCUT2D eigenvalue weighted by molar-refractivity contribution is -0.159. The van der Waals surface area contributed by atoms with E-state index in [1.807, 2.05) is 4.90 Å². The number of nitrogens with one attached hydrogen (secondary N) is 2. The molecule has 6 nitrogen and oxygen atoms in total. The fourth-order valence-electron chi connectivity index (χ4n) is 3.96. The number of rotatable bonds is 5. The topological polar surface area (TPSA) is 64.7 Å². The van der Waals surface area contributed by atoms with Gasteiger partial charge in [0.15, 0.2) is 0 Å². The fourth-order valence-corrected chi connectivity index (χ4v) is 3.96. The molecule has 1 aromatic carbocycles. The molecule has 0 spiro atoms. The highest BCUT2D eigenvalue weighted by atomic mass is 19.4. The van der Waals surface area contributed by atoms with Crippen LogP contribution in [0.3, 0.4) is 0 Å². The zero-order valence-electron chi connectivity index (χ0n) is 15.8. The van der Waals surface area contributed by atoms with Crippen molar-refractivity contribution in [2.45, 2.75) is 31.5 Å². The summed E-state index contributed by atoms with van der Waals surface area (Å²) >= 11 is 0. The molecule has 3 rings (SSSR count). The van der Waals surface area contributed by atoms with Gasteiger partial charge in [-0.25, -0.2) is 9.18 Å². The first kappa shape index (κ1) is 21.4. The number of amides is 3. The molecule has 0 radical (unpaired) electrons. The van der Waals surface area contributed by atoms with Crippen LogP contribution in [0.1, 0.15) is 19.3 Å². The van der Waals surface area contributed by atoms with Gasteiger partial charge in [0.25, 0.3) is 0 Å². The molecule has 0 saturated carbocycles. The average Bonchev–Trinajstić information content (AvgIpc) is 2.99. The molecule has 0 bridgehead atoms. The summed E-state index contributed by atoms with van der Waals surface area (Å²) in [7, 11) is 0. The standard InChI is InChI=1S/C19H24F4N4O2/c20-14-4-1-5-15(9-14)25-18(29)24-10-13-3-2-7-26(11-13)16-6-8-27(17(16)28)12-19(21,22)23/h1,4-5,9,13,16H,2-3,6-8,10-12H2,(H2,24,25,29). The number of halogens is 4. The molecule has 2 heterocycles. The summed E-state index contributed by atoms with van der Waals surface area (Å²) in [6.07, 6.45) is -2.35. The van der Waals surface area contributed by atoms with Crippen molar-refractivity contribution in [3.05, 3.63) is 30.1 Å². The zero-order valence-corrected chi connectivity index (χ0v) is 15.8. The number of hydrogen-bond acceptors (Lipinski definition) is 3. The van der Waals surface area contributed by atoms with Crippen molar-refractivity contribution in [3.8, 4) is 0 Å². The highest BCUT2D eigenvalue weighted by Crippen LogP contribution is 2.26. The van der Waals surface area contributed by atoms with E-state index in [4.69, 9.17) is 0 Å². The van der Waals surface area contributed by atoms with Crippen LogP contribution in [0.2, 0.25) is 0 Å². The molecular weight excluding hydrogens is 392 g/mol. The van der Waals surface area contributed by atoms with Gasteiger partial charge in [-0.05, 0) is 49.9 Å². The minimum atomic E-state index is -4.39. The number of urea groups is 1. The van der Waals surface area contributed by atoms with Gasteiger partial charge in [-0.2, -0.15) is 13.2 Å². The summed E-state index contributed by atoms with van der Waals surface area (Å²) in [4.78, 5) is 27.2. The van der Waals surface area contributed by atoms with Crippen LogP contribution in [0.15, 0.2) is 24.3 Å². The Bertz CT molecular complexity index is 743. The molecule has 2 atom stereocenters. The maximum absolute atomic E-state index is 13.2. The number of hydrogen-bond donors (Lipinski definition) is 2. The van der Waals surface area contributed by atoms with Gasteiger partial charge < -0.3 is 15.5 Å². The lowest BCUT2D eigenvalue weighted by Gasteiger charge is -2.36. The third-order valence-electron chi connectivity index (χ3n) is 5.26. The molecular formula is C19H24F4N4O2. The van der Waals surface area contributed by atoms with Gasteiger partial charge in [-0.15, -0.1) is 0 Å². The van der Waals surface area contributed by atoms with Crippen molar-refractivity contribution in [1.82, 2.24) is 15.1 Å². The molecule has 2 aliphatic rings. The molecule has 0 aliphatic carbocycles. The van der Waals surface area contributed by atoms with E-state index in [2.05, 4.69) is 10.6 Å². The smallest absolute Gasteiger partial charge is 0.338 e. The van der Waals surface area contributed by atoms with Crippen LogP contribution in [0.25, 0.3) is 0 Å². The monoisotopic (exact) mass is 416 g/mol. The van der Waals surface area contributed by atoms with Crippen molar-refractivity contribution in [2.24, 2.45) is 5.92 Å². The van der Waals surface area contributed by atoms with E-state index in [9.17, 15) is 27.2 Å². The second-order valence-electron chi connectivity index (χ2n) is 7.53. The van der Waals surface area contributed by atoms with Crippen molar-refractivity contribution >= 4 is 17.6 Å². The van der Waals surface area contributed by atoms with Crippen LogP contribution >= 0.6 is 0 Å². The van der Waals surface area contributed by atoms with Gasteiger partial charge in [-0.1, -0.05) is 6.07 Å². The molecule has 0 aromatic heterocycles. The summed E-state index contributed by atoms with van der Waals surface area (Å²) in [5.74, 6) is -0.835. The van der Waals surface area contributed by atoms with Crippen LogP contribution < -0.4 is 10.6 Å². The first-order chi connectivity index (χ1) is 13.7. The van der Waals surface area contributed by atoms with Crippen LogP contribution in [0.5, 0.6) is 0 Å². The summed E-state index contributed by atoms with van der Waals surface area (Å²) in [6.45, 7) is 0.462. The Labute approximate surface area is 166 Å². The summed E-state index contributed by atoms with van der Waals surface area (Å²) in [5, 5.41) is 5.29. The van der Waals surface area contributed by atoms with Crippen molar-refractivity contribution in [2.75, 3.05) is 38.0 Å². The summed E-state index contributed by atoms with van der Waals surface area (Å²) in [6, 6.07) is 4.57. The minimum Gasteiger partial charge on any atom is -0.338 e. The number of carbonyl (C=O) groups is 2. The Morgan fingerprint density at radius 1 is 1.21 bits per heavy atom. The fraction of sp³-hybridized carbons (Fsp3) is 0.579. The Morgan fingerprint density at radius 2 is 2.00 bits per heavy atom. The number of anilines is 1. The summed E-state index contributed by atoms with van der Waals surface area (Å²) in [5.41, 5.74) is 0.342. The minimum absolute atomic E-state index is 0.0893. The molecule has 2 unspecified atom stereocenters. The van der Waals surface area contributed by atoms with Crippen molar-refractivity contribution in [1.29, 1.82) is 0 Å². The molecule has 2 fully saturated rings. The van der Waals surface area contributed by atoms with E-state index in [1.165, 1.54) is 18.2 Å². The maximum atomic E-state index is 13.2. The molecule has 3 amide bonds. The highest BCUT2D eigenvalue weighted by Gasteiger charge is 2.42. The predicted octanol–water partition coefficient (Wildman–Crippen LogP) is 2.82. The van der Waals surface area contributed by atoms with Gasteiger partial charge in [0.1, 0.15) is 12.4 Å². The van der Waals surface area contributed by atoms with Gasteiger partial charge in [0.2, 0.25) is 5.91 Å². The molecule has 1 aromatic rings. The third kappa shape index (κ3) is 6.06. The molecule has 2 saturated heterocycles. The zero-order chi connectivity index (χ0) is 21.0. The van der Waals surface area contributed by atoms with Gasteiger partial charge in [0.05, 0.1) is 6.04 Å². The largest absolute Gasteiger partial charge is 0.406 e. The number of likely N-dealkylation sites (tertiary alicyclic amines) is 2. The molecule has 2 N–H and O–H groups in total. The maximum Gasteiger partial charge on any atom is 0.406 e. The SMILES string of the molecule is O=C(NCC1CCCN(C2CCN(CC(F)(F)F)C2=O)C1)Nc1cccc(F)c1. The molecule has 160 valence electrons. The van der Waals surface area contributed by atoms with Crippen LogP contribution in [-0.4, -0.2) is 66.7 Å².